The number of aliphatic hydroxyl groups is 1. The van der Waals surface area contributed by atoms with Crippen molar-refractivity contribution in [2.24, 2.45) is 10.9 Å². The summed E-state index contributed by atoms with van der Waals surface area (Å²) in [6.45, 7) is 11.9. The van der Waals surface area contributed by atoms with Crippen LogP contribution < -0.4 is 10.6 Å². The maximum absolute atomic E-state index is 10.1. The Bertz CT molecular complexity index is 487. The number of hydrogen-bond acceptors (Lipinski definition) is 4. The van der Waals surface area contributed by atoms with Crippen LogP contribution in [0.5, 0.6) is 0 Å². The normalized spacial score (nSPS) is 24.2. The zero-order chi connectivity index (χ0) is 16.8. The van der Waals surface area contributed by atoms with Crippen molar-refractivity contribution in [1.82, 2.24) is 15.5 Å². The van der Waals surface area contributed by atoms with Crippen LogP contribution in [0.3, 0.4) is 0 Å². The van der Waals surface area contributed by atoms with Gasteiger partial charge in [0.2, 0.25) is 0 Å². The van der Waals surface area contributed by atoms with E-state index in [1.165, 1.54) is 0 Å². The number of nitrogens with zero attached hydrogens (tertiary/aromatic N) is 2. The van der Waals surface area contributed by atoms with Crippen molar-refractivity contribution in [2.45, 2.75) is 45.9 Å². The third-order valence-electron chi connectivity index (χ3n) is 4.33. The summed E-state index contributed by atoms with van der Waals surface area (Å²) in [7, 11) is 0. The van der Waals surface area contributed by atoms with Crippen molar-refractivity contribution in [2.75, 3.05) is 26.2 Å². The molecule has 1 aliphatic rings. The number of likely N-dealkylation sites (tertiary alicyclic amines) is 1. The molecule has 0 aliphatic carbocycles. The first-order valence-corrected chi connectivity index (χ1v) is 8.51. The number of nitrogens with one attached hydrogen (secondary N) is 2. The lowest BCUT2D eigenvalue weighted by Crippen LogP contribution is -2.47. The van der Waals surface area contributed by atoms with E-state index in [1.807, 2.05) is 6.92 Å². The Morgan fingerprint density at radius 1 is 1.48 bits per heavy atom. The van der Waals surface area contributed by atoms with Gasteiger partial charge in [0, 0.05) is 31.7 Å². The van der Waals surface area contributed by atoms with Gasteiger partial charge in [0.05, 0.1) is 12.8 Å². The minimum Gasteiger partial charge on any atom is -0.467 e. The first kappa shape index (κ1) is 17.8. The van der Waals surface area contributed by atoms with E-state index in [9.17, 15) is 5.11 Å². The Labute approximate surface area is 139 Å². The number of rotatable bonds is 6. The van der Waals surface area contributed by atoms with Gasteiger partial charge < -0.3 is 20.2 Å². The summed E-state index contributed by atoms with van der Waals surface area (Å²) in [4.78, 5) is 6.98. The van der Waals surface area contributed by atoms with Gasteiger partial charge in [-0.15, -0.1) is 0 Å². The van der Waals surface area contributed by atoms with Gasteiger partial charge in [-0.1, -0.05) is 6.92 Å². The second-order valence-corrected chi connectivity index (χ2v) is 6.53. The van der Waals surface area contributed by atoms with Gasteiger partial charge in [0.25, 0.3) is 0 Å². The predicted octanol–water partition coefficient (Wildman–Crippen LogP) is 1.60. The number of furan rings is 1. The average molecular weight is 322 g/mol. The molecule has 0 saturated carbocycles. The van der Waals surface area contributed by atoms with E-state index in [1.54, 1.807) is 18.4 Å². The molecule has 2 rings (SSSR count). The van der Waals surface area contributed by atoms with E-state index in [2.05, 4.69) is 41.3 Å². The van der Waals surface area contributed by atoms with Crippen molar-refractivity contribution >= 4 is 5.96 Å². The highest BCUT2D eigenvalue weighted by molar-refractivity contribution is 5.80. The van der Waals surface area contributed by atoms with Crippen molar-refractivity contribution in [3.8, 4) is 0 Å². The van der Waals surface area contributed by atoms with Crippen molar-refractivity contribution in [3.63, 3.8) is 0 Å². The molecule has 0 aromatic carbocycles. The van der Waals surface area contributed by atoms with E-state index >= 15 is 0 Å². The fourth-order valence-electron chi connectivity index (χ4n) is 2.86. The highest BCUT2D eigenvalue weighted by Gasteiger charge is 2.31. The summed E-state index contributed by atoms with van der Waals surface area (Å²) in [6.07, 6.45) is 0.848. The topological polar surface area (TPSA) is 73.0 Å². The highest BCUT2D eigenvalue weighted by Crippen LogP contribution is 2.18. The van der Waals surface area contributed by atoms with Gasteiger partial charge in [-0.3, -0.25) is 9.89 Å². The molecule has 6 heteroatoms. The Balaban J connectivity index is 1.94. The fourth-order valence-corrected chi connectivity index (χ4v) is 2.86. The SMILES string of the molecule is CCNC(=NCC(O)c1ccco1)NC1CN(C(C)C)CC1C. The average Bonchev–Trinajstić information content (AvgIpc) is 3.15. The lowest BCUT2D eigenvalue weighted by molar-refractivity contribution is 0.158. The van der Waals surface area contributed by atoms with Gasteiger partial charge in [0.1, 0.15) is 11.9 Å². The molecular formula is C17H30N4O2. The van der Waals surface area contributed by atoms with Gasteiger partial charge in [-0.05, 0) is 38.8 Å². The van der Waals surface area contributed by atoms with Crippen LogP contribution in [0.4, 0.5) is 0 Å². The minimum absolute atomic E-state index is 0.276. The summed E-state index contributed by atoms with van der Waals surface area (Å²) in [5, 5.41) is 16.9. The van der Waals surface area contributed by atoms with E-state index in [0.717, 1.165) is 25.6 Å². The van der Waals surface area contributed by atoms with Crippen molar-refractivity contribution in [3.05, 3.63) is 24.2 Å². The zero-order valence-corrected chi connectivity index (χ0v) is 14.6. The van der Waals surface area contributed by atoms with E-state index in [-0.39, 0.29) is 6.54 Å². The molecular weight excluding hydrogens is 292 g/mol. The maximum atomic E-state index is 10.1. The standard InChI is InChI=1S/C17H30N4O2/c1-5-18-17(19-9-15(22)16-7-6-8-23-16)20-14-11-21(12(2)3)10-13(14)4/h6-8,12-15,22H,5,9-11H2,1-4H3,(H2,18,19,20). The molecule has 0 bridgehead atoms. The smallest absolute Gasteiger partial charge is 0.191 e. The third-order valence-corrected chi connectivity index (χ3v) is 4.33. The van der Waals surface area contributed by atoms with E-state index < -0.39 is 6.10 Å². The maximum Gasteiger partial charge on any atom is 0.191 e. The molecule has 1 aliphatic heterocycles. The molecule has 23 heavy (non-hydrogen) atoms. The molecule has 1 saturated heterocycles. The lowest BCUT2D eigenvalue weighted by atomic mass is 10.1. The fraction of sp³-hybridized carbons (Fsp3) is 0.706. The van der Waals surface area contributed by atoms with Crippen LogP contribution in [0, 0.1) is 5.92 Å². The molecule has 0 amide bonds. The summed E-state index contributed by atoms with van der Waals surface area (Å²) >= 11 is 0. The van der Waals surface area contributed by atoms with E-state index in [4.69, 9.17) is 4.42 Å². The molecule has 3 atom stereocenters. The Hall–Kier alpha value is -1.53. The van der Waals surface area contributed by atoms with E-state index in [0.29, 0.717) is 23.8 Å². The summed E-state index contributed by atoms with van der Waals surface area (Å²) < 4.78 is 5.21. The zero-order valence-electron chi connectivity index (χ0n) is 14.6. The van der Waals surface area contributed by atoms with Crippen molar-refractivity contribution < 1.29 is 9.52 Å². The van der Waals surface area contributed by atoms with Gasteiger partial charge in [-0.2, -0.15) is 0 Å². The van der Waals surface area contributed by atoms with Crippen molar-refractivity contribution in [1.29, 1.82) is 0 Å². The third kappa shape index (κ3) is 4.97. The van der Waals surface area contributed by atoms with Crippen LogP contribution >= 0.6 is 0 Å². The molecule has 1 aromatic heterocycles. The van der Waals surface area contributed by atoms with Crippen LogP contribution in [0.1, 0.15) is 39.6 Å². The Morgan fingerprint density at radius 3 is 2.83 bits per heavy atom. The van der Waals surface area contributed by atoms with Gasteiger partial charge in [-0.25, -0.2) is 0 Å². The van der Waals surface area contributed by atoms with Gasteiger partial charge in [0.15, 0.2) is 5.96 Å². The molecule has 2 heterocycles. The first-order valence-electron chi connectivity index (χ1n) is 8.51. The summed E-state index contributed by atoms with van der Waals surface area (Å²) in [5.74, 6) is 1.86. The van der Waals surface area contributed by atoms with Crippen LogP contribution in [0.15, 0.2) is 27.8 Å². The van der Waals surface area contributed by atoms with Crippen LogP contribution in [-0.4, -0.2) is 54.2 Å². The monoisotopic (exact) mass is 322 g/mol. The molecule has 1 aromatic rings. The Kier molecular flexibility index (Phi) is 6.47. The first-order chi connectivity index (χ1) is 11.0. The molecule has 3 N–H and O–H groups in total. The molecule has 130 valence electrons. The van der Waals surface area contributed by atoms with Crippen LogP contribution in [-0.2, 0) is 0 Å². The molecule has 6 nitrogen and oxygen atoms in total. The largest absolute Gasteiger partial charge is 0.467 e. The lowest BCUT2D eigenvalue weighted by Gasteiger charge is -2.22. The second kappa shape index (κ2) is 8.36. The number of hydrogen-bond donors (Lipinski definition) is 3. The summed E-state index contributed by atoms with van der Waals surface area (Å²) in [6, 6.07) is 4.47. The minimum atomic E-state index is -0.714. The molecule has 3 unspecified atom stereocenters. The van der Waals surface area contributed by atoms with Gasteiger partial charge >= 0.3 is 0 Å². The van der Waals surface area contributed by atoms with Crippen LogP contribution in [0.25, 0.3) is 0 Å². The molecule has 0 radical (unpaired) electrons. The summed E-state index contributed by atoms with van der Waals surface area (Å²) in [5.41, 5.74) is 0. The quantitative estimate of drug-likeness (QED) is 0.548. The predicted molar refractivity (Wildman–Crippen MR) is 92.4 cm³/mol. The number of aliphatic imine (C=N–C) groups is 1. The second-order valence-electron chi connectivity index (χ2n) is 6.53. The number of guanidine groups is 1. The number of aliphatic hydroxyl groups excluding tert-OH is 1. The highest BCUT2D eigenvalue weighted by atomic mass is 16.4. The molecule has 0 spiro atoms. The Morgan fingerprint density at radius 2 is 2.26 bits per heavy atom. The van der Waals surface area contributed by atoms with Crippen LogP contribution in [0.2, 0.25) is 0 Å². The molecule has 1 fully saturated rings.